The number of urea groups is 1. The first kappa shape index (κ1) is 18.3. The minimum Gasteiger partial charge on any atom is -0.480 e. The Kier molecular flexibility index (Phi) is 9.31. The Bertz CT molecular complexity index is 333. The molecule has 3 N–H and O–H groups in total. The lowest BCUT2D eigenvalue weighted by molar-refractivity contribution is -0.138. The number of carbonyl (C=O) groups is 3. The number of hydrogen-bond donors (Lipinski definition) is 3. The van der Waals surface area contributed by atoms with Gasteiger partial charge in [-0.1, -0.05) is 13.8 Å². The van der Waals surface area contributed by atoms with Gasteiger partial charge in [0.05, 0.1) is 19.7 Å². The van der Waals surface area contributed by atoms with E-state index in [-0.39, 0.29) is 19.0 Å². The van der Waals surface area contributed by atoms with Crippen LogP contribution in [0.1, 0.15) is 13.8 Å². The molecule has 3 amide bonds. The van der Waals surface area contributed by atoms with Gasteiger partial charge in [0.2, 0.25) is 5.91 Å². The second-order valence-corrected chi connectivity index (χ2v) is 4.75. The normalized spacial score (nSPS) is 10.7. The Balaban J connectivity index is 4.16. The van der Waals surface area contributed by atoms with Gasteiger partial charge in [0, 0.05) is 20.2 Å². The van der Waals surface area contributed by atoms with E-state index in [0.29, 0.717) is 19.7 Å². The van der Waals surface area contributed by atoms with Crippen LogP contribution in [0.3, 0.4) is 0 Å². The van der Waals surface area contributed by atoms with Crippen molar-refractivity contribution in [2.75, 3.05) is 39.9 Å². The molecule has 0 bridgehead atoms. The fraction of sp³-hybridized carbons (Fsp3) is 0.750. The van der Waals surface area contributed by atoms with Crippen LogP contribution in [0.15, 0.2) is 0 Å². The summed E-state index contributed by atoms with van der Waals surface area (Å²) in [5, 5.41) is 13.4. The fourth-order valence-corrected chi connectivity index (χ4v) is 1.34. The number of carboxylic acids is 1. The van der Waals surface area contributed by atoms with Crippen LogP contribution in [0.5, 0.6) is 0 Å². The topological polar surface area (TPSA) is 108 Å². The molecule has 0 aliphatic carbocycles. The molecule has 0 saturated heterocycles. The Morgan fingerprint density at radius 1 is 1.25 bits per heavy atom. The molecular weight excluding hydrogens is 266 g/mol. The van der Waals surface area contributed by atoms with Gasteiger partial charge in [-0.25, -0.2) is 4.79 Å². The standard InChI is InChI=1S/C12H23N3O5/c1-9(2)6-13-12(19)14-10(16)7-15(4-5-20-3)8-11(17)18/h9H,4-8H2,1-3H3,(H,17,18)(H2,13,14,16,19). The Hall–Kier alpha value is -1.67. The Morgan fingerprint density at radius 2 is 1.90 bits per heavy atom. The lowest BCUT2D eigenvalue weighted by atomic mass is 10.2. The number of nitrogens with zero attached hydrogens (tertiary/aromatic N) is 1. The molecule has 0 aromatic carbocycles. The first-order valence-corrected chi connectivity index (χ1v) is 6.36. The molecule has 0 rings (SSSR count). The first-order valence-electron chi connectivity index (χ1n) is 6.36. The molecule has 0 aromatic rings. The van der Waals surface area contributed by atoms with Crippen molar-refractivity contribution >= 4 is 17.9 Å². The lowest BCUT2D eigenvalue weighted by Gasteiger charge is -2.19. The average molecular weight is 289 g/mol. The minimum absolute atomic E-state index is 0.176. The molecule has 0 spiro atoms. The molecule has 0 radical (unpaired) electrons. The summed E-state index contributed by atoms with van der Waals surface area (Å²) in [6.45, 7) is 4.46. The molecular formula is C12H23N3O5. The van der Waals surface area contributed by atoms with Gasteiger partial charge < -0.3 is 15.2 Å². The maximum Gasteiger partial charge on any atom is 0.321 e. The van der Waals surface area contributed by atoms with Gasteiger partial charge in [0.25, 0.3) is 0 Å². The predicted octanol–water partition coefficient (Wildman–Crippen LogP) is -0.499. The summed E-state index contributed by atoms with van der Waals surface area (Å²) in [6.07, 6.45) is 0. The molecule has 0 aliphatic heterocycles. The van der Waals surface area contributed by atoms with E-state index in [1.165, 1.54) is 12.0 Å². The predicted molar refractivity (Wildman–Crippen MR) is 72.3 cm³/mol. The van der Waals surface area contributed by atoms with Crippen LogP contribution in [0.4, 0.5) is 4.79 Å². The molecule has 0 aromatic heterocycles. The van der Waals surface area contributed by atoms with Crippen molar-refractivity contribution in [2.45, 2.75) is 13.8 Å². The van der Waals surface area contributed by atoms with Gasteiger partial charge in [-0.2, -0.15) is 0 Å². The van der Waals surface area contributed by atoms with Crippen molar-refractivity contribution in [3.63, 3.8) is 0 Å². The number of carboxylic acid groups (broad SMARTS) is 1. The van der Waals surface area contributed by atoms with Gasteiger partial charge in [-0.05, 0) is 5.92 Å². The molecule has 8 nitrogen and oxygen atoms in total. The van der Waals surface area contributed by atoms with Crippen molar-refractivity contribution < 1.29 is 24.2 Å². The molecule has 0 heterocycles. The largest absolute Gasteiger partial charge is 0.480 e. The number of nitrogens with one attached hydrogen (secondary N) is 2. The van der Waals surface area contributed by atoms with Crippen LogP contribution in [0.25, 0.3) is 0 Å². The van der Waals surface area contributed by atoms with Gasteiger partial charge in [-0.15, -0.1) is 0 Å². The van der Waals surface area contributed by atoms with Gasteiger partial charge in [0.15, 0.2) is 0 Å². The number of amides is 3. The van der Waals surface area contributed by atoms with Gasteiger partial charge >= 0.3 is 12.0 Å². The van der Waals surface area contributed by atoms with E-state index in [4.69, 9.17) is 9.84 Å². The van der Waals surface area contributed by atoms with Crippen molar-refractivity contribution in [3.8, 4) is 0 Å². The average Bonchev–Trinajstić information content (AvgIpc) is 2.32. The van der Waals surface area contributed by atoms with E-state index in [9.17, 15) is 14.4 Å². The first-order chi connectivity index (χ1) is 9.35. The monoisotopic (exact) mass is 289 g/mol. The van der Waals surface area contributed by atoms with Crippen molar-refractivity contribution in [1.82, 2.24) is 15.5 Å². The summed E-state index contributed by atoms with van der Waals surface area (Å²) in [5.74, 6) is -1.32. The summed E-state index contributed by atoms with van der Waals surface area (Å²) >= 11 is 0. The van der Waals surface area contributed by atoms with E-state index >= 15 is 0 Å². The van der Waals surface area contributed by atoms with Crippen LogP contribution >= 0.6 is 0 Å². The van der Waals surface area contributed by atoms with Crippen LogP contribution in [-0.4, -0.2) is 67.8 Å². The molecule has 116 valence electrons. The number of carbonyl (C=O) groups excluding carboxylic acids is 2. The molecule has 0 atom stereocenters. The number of ether oxygens (including phenoxy) is 1. The fourth-order valence-electron chi connectivity index (χ4n) is 1.34. The van der Waals surface area contributed by atoms with E-state index in [1.807, 2.05) is 13.8 Å². The lowest BCUT2D eigenvalue weighted by Crippen LogP contribution is -2.46. The third-order valence-electron chi connectivity index (χ3n) is 2.26. The van der Waals surface area contributed by atoms with Crippen molar-refractivity contribution in [2.24, 2.45) is 5.92 Å². The summed E-state index contributed by atoms with van der Waals surface area (Å²) < 4.78 is 4.84. The van der Waals surface area contributed by atoms with Gasteiger partial charge in [0.1, 0.15) is 0 Å². The molecule has 0 unspecified atom stereocenters. The SMILES string of the molecule is COCCN(CC(=O)O)CC(=O)NC(=O)NCC(C)C. The highest BCUT2D eigenvalue weighted by atomic mass is 16.5. The molecule has 0 aliphatic rings. The summed E-state index contributed by atoms with van der Waals surface area (Å²) in [5.41, 5.74) is 0. The Labute approximate surface area is 118 Å². The maximum atomic E-state index is 11.6. The summed E-state index contributed by atoms with van der Waals surface area (Å²) in [7, 11) is 1.48. The smallest absolute Gasteiger partial charge is 0.321 e. The molecule has 8 heteroatoms. The van der Waals surface area contributed by atoms with E-state index in [2.05, 4.69) is 10.6 Å². The third kappa shape index (κ3) is 10.3. The molecule has 0 fully saturated rings. The quantitative estimate of drug-likeness (QED) is 0.528. The maximum absolute atomic E-state index is 11.6. The number of imide groups is 1. The number of rotatable bonds is 9. The Morgan fingerprint density at radius 3 is 2.40 bits per heavy atom. The minimum atomic E-state index is -1.04. The highest BCUT2D eigenvalue weighted by Gasteiger charge is 2.15. The zero-order chi connectivity index (χ0) is 15.5. The zero-order valence-electron chi connectivity index (χ0n) is 12.1. The van der Waals surface area contributed by atoms with Crippen molar-refractivity contribution in [3.05, 3.63) is 0 Å². The molecule has 20 heavy (non-hydrogen) atoms. The molecule has 0 saturated carbocycles. The number of hydrogen-bond acceptors (Lipinski definition) is 5. The van der Waals surface area contributed by atoms with Gasteiger partial charge in [-0.3, -0.25) is 19.8 Å². The van der Waals surface area contributed by atoms with Crippen LogP contribution < -0.4 is 10.6 Å². The highest BCUT2D eigenvalue weighted by molar-refractivity contribution is 5.95. The second kappa shape index (κ2) is 10.2. The zero-order valence-corrected chi connectivity index (χ0v) is 12.1. The van der Waals surface area contributed by atoms with E-state index in [1.54, 1.807) is 0 Å². The highest BCUT2D eigenvalue weighted by Crippen LogP contribution is 1.90. The van der Waals surface area contributed by atoms with Crippen LogP contribution in [-0.2, 0) is 14.3 Å². The van der Waals surface area contributed by atoms with Crippen LogP contribution in [0, 0.1) is 5.92 Å². The number of methoxy groups -OCH3 is 1. The third-order valence-corrected chi connectivity index (χ3v) is 2.26. The van der Waals surface area contributed by atoms with Crippen LogP contribution in [0.2, 0.25) is 0 Å². The number of aliphatic carboxylic acids is 1. The summed E-state index contributed by atoms with van der Waals surface area (Å²) in [6, 6.07) is -0.578. The van der Waals surface area contributed by atoms with Crippen molar-refractivity contribution in [1.29, 1.82) is 0 Å². The second-order valence-electron chi connectivity index (χ2n) is 4.75. The van der Waals surface area contributed by atoms with E-state index < -0.39 is 17.9 Å². The van der Waals surface area contributed by atoms with E-state index in [0.717, 1.165) is 0 Å². The summed E-state index contributed by atoms with van der Waals surface area (Å²) in [4.78, 5) is 35.0.